The van der Waals surface area contributed by atoms with Crippen molar-refractivity contribution in [3.8, 4) is 0 Å². The summed E-state index contributed by atoms with van der Waals surface area (Å²) < 4.78 is 9.98. The highest BCUT2D eigenvalue weighted by atomic mass is 32.2. The highest BCUT2D eigenvalue weighted by Crippen LogP contribution is 2.34. The predicted molar refractivity (Wildman–Crippen MR) is 158 cm³/mol. The molecule has 0 radical (unpaired) electrons. The molecule has 0 aromatic carbocycles. The number of hydrogen-bond acceptors (Lipinski definition) is 7. The van der Waals surface area contributed by atoms with Crippen LogP contribution in [0, 0.1) is 5.92 Å². The summed E-state index contributed by atoms with van der Waals surface area (Å²) in [5.41, 5.74) is -0.529. The number of likely N-dealkylation sites (tertiary alicyclic amines) is 1. The first-order valence-corrected chi connectivity index (χ1v) is 15.7. The standard InChI is InChI=1S/C29H52N4O6S/c1-9-17-38-26(36)32-23(29(7,8)40-19(2)3)25(35)33-16-10-11-22(33)24(34)30-18-20-12-14-21(15-13-20)31-27(37)39-28(4,5)6/h19-23H,9-18H2,1-8H3,(H,30,34)(H,31,37)(H,32,36)/t20?,21?,22?,23-/m0/s1. The number of hydrogen-bond donors (Lipinski definition) is 3. The van der Waals surface area contributed by atoms with Gasteiger partial charge in [0.1, 0.15) is 17.7 Å². The lowest BCUT2D eigenvalue weighted by Crippen LogP contribution is -2.60. The van der Waals surface area contributed by atoms with Crippen molar-refractivity contribution in [2.45, 2.75) is 134 Å². The number of nitrogens with one attached hydrogen (secondary N) is 3. The summed E-state index contributed by atoms with van der Waals surface area (Å²) in [5.74, 6) is -0.0882. The average molecular weight is 585 g/mol. The van der Waals surface area contributed by atoms with E-state index in [1.165, 1.54) is 0 Å². The lowest BCUT2D eigenvalue weighted by atomic mass is 9.86. The second-order valence-electron chi connectivity index (χ2n) is 12.8. The van der Waals surface area contributed by atoms with Crippen LogP contribution < -0.4 is 16.0 Å². The van der Waals surface area contributed by atoms with Crippen molar-refractivity contribution in [1.29, 1.82) is 0 Å². The van der Waals surface area contributed by atoms with Crippen molar-refractivity contribution in [2.24, 2.45) is 5.92 Å². The van der Waals surface area contributed by atoms with Crippen LogP contribution >= 0.6 is 11.8 Å². The van der Waals surface area contributed by atoms with Crippen LogP contribution in [0.3, 0.4) is 0 Å². The number of carbonyl (C=O) groups is 4. The Bertz CT molecular complexity index is 867. The summed E-state index contributed by atoms with van der Waals surface area (Å²) in [6.45, 7) is 16.7. The third-order valence-electron chi connectivity index (χ3n) is 7.15. The first kappa shape index (κ1) is 34.0. The number of alkyl carbamates (subject to hydrolysis) is 2. The summed E-state index contributed by atoms with van der Waals surface area (Å²) in [5, 5.41) is 9.08. The maximum atomic E-state index is 13.8. The fourth-order valence-electron chi connectivity index (χ4n) is 5.38. The van der Waals surface area contributed by atoms with Crippen LogP contribution in [0.5, 0.6) is 0 Å². The summed E-state index contributed by atoms with van der Waals surface area (Å²) in [6.07, 6.45) is 4.44. The van der Waals surface area contributed by atoms with E-state index in [-0.39, 0.29) is 29.7 Å². The molecule has 40 heavy (non-hydrogen) atoms. The van der Waals surface area contributed by atoms with Crippen LogP contribution in [-0.4, -0.2) is 82.3 Å². The van der Waals surface area contributed by atoms with Crippen LogP contribution in [0.2, 0.25) is 0 Å². The van der Waals surface area contributed by atoms with Gasteiger partial charge in [0, 0.05) is 23.9 Å². The summed E-state index contributed by atoms with van der Waals surface area (Å²) in [7, 11) is 0. The Hall–Kier alpha value is -2.17. The molecule has 0 aromatic rings. The SMILES string of the molecule is CCCOC(=O)N[C@@H](C(=O)N1CCCC1C(=O)NCC1CCC(NC(=O)OC(C)(C)C)CC1)C(C)(C)SC(C)C. The molecule has 4 amide bonds. The summed E-state index contributed by atoms with van der Waals surface area (Å²) in [4.78, 5) is 53.3. The summed E-state index contributed by atoms with van der Waals surface area (Å²) in [6, 6.07) is -1.32. The highest BCUT2D eigenvalue weighted by Gasteiger charge is 2.44. The van der Waals surface area contributed by atoms with E-state index in [4.69, 9.17) is 9.47 Å². The topological polar surface area (TPSA) is 126 Å². The normalized spacial score (nSPS) is 22.4. The molecule has 11 heteroatoms. The zero-order valence-corrected chi connectivity index (χ0v) is 26.6. The predicted octanol–water partition coefficient (Wildman–Crippen LogP) is 4.60. The van der Waals surface area contributed by atoms with Gasteiger partial charge in [0.15, 0.2) is 0 Å². The Morgan fingerprint density at radius 3 is 2.20 bits per heavy atom. The molecule has 2 atom stereocenters. The molecule has 2 fully saturated rings. The van der Waals surface area contributed by atoms with Crippen LogP contribution in [0.1, 0.15) is 100 Å². The van der Waals surface area contributed by atoms with Gasteiger partial charge < -0.3 is 30.3 Å². The van der Waals surface area contributed by atoms with Gasteiger partial charge in [0.25, 0.3) is 0 Å². The van der Waals surface area contributed by atoms with Gasteiger partial charge in [-0.1, -0.05) is 20.8 Å². The van der Waals surface area contributed by atoms with Crippen molar-refractivity contribution >= 4 is 35.8 Å². The lowest BCUT2D eigenvalue weighted by molar-refractivity contribution is -0.140. The Morgan fingerprint density at radius 1 is 0.975 bits per heavy atom. The zero-order chi connectivity index (χ0) is 30.1. The molecule has 2 aliphatic rings. The van der Waals surface area contributed by atoms with Crippen LogP contribution in [0.25, 0.3) is 0 Å². The summed E-state index contributed by atoms with van der Waals surface area (Å²) >= 11 is 1.61. The Labute approximate surface area is 244 Å². The molecule has 1 unspecified atom stereocenters. The van der Waals surface area contributed by atoms with Crippen molar-refractivity contribution in [3.63, 3.8) is 0 Å². The van der Waals surface area contributed by atoms with Gasteiger partial charge in [-0.15, -0.1) is 0 Å². The number of thioether (sulfide) groups is 1. The van der Waals surface area contributed by atoms with Gasteiger partial charge in [-0.25, -0.2) is 9.59 Å². The van der Waals surface area contributed by atoms with E-state index >= 15 is 0 Å². The monoisotopic (exact) mass is 584 g/mol. The Kier molecular flexibility index (Phi) is 12.9. The molecule has 3 N–H and O–H groups in total. The van der Waals surface area contributed by atoms with Crippen molar-refractivity contribution in [3.05, 3.63) is 0 Å². The van der Waals surface area contributed by atoms with Gasteiger partial charge in [-0.2, -0.15) is 11.8 Å². The second kappa shape index (κ2) is 15.2. The number of ether oxygens (including phenoxy) is 2. The van der Waals surface area contributed by atoms with Crippen LogP contribution in [0.15, 0.2) is 0 Å². The smallest absolute Gasteiger partial charge is 0.407 e. The van der Waals surface area contributed by atoms with Crippen molar-refractivity contribution < 1.29 is 28.7 Å². The van der Waals surface area contributed by atoms with E-state index in [0.29, 0.717) is 31.8 Å². The minimum Gasteiger partial charge on any atom is -0.450 e. The van der Waals surface area contributed by atoms with Gasteiger partial charge in [0.05, 0.1) is 6.61 Å². The molecule has 1 saturated carbocycles. The van der Waals surface area contributed by atoms with Crippen molar-refractivity contribution in [1.82, 2.24) is 20.9 Å². The van der Waals surface area contributed by atoms with Gasteiger partial charge in [0.2, 0.25) is 11.8 Å². The fraction of sp³-hybridized carbons (Fsp3) is 0.862. The molecule has 230 valence electrons. The first-order valence-electron chi connectivity index (χ1n) is 14.8. The third kappa shape index (κ3) is 11.0. The number of nitrogens with zero attached hydrogens (tertiary/aromatic N) is 1. The van der Waals surface area contributed by atoms with Gasteiger partial charge >= 0.3 is 12.2 Å². The molecule has 1 aliphatic heterocycles. The molecular formula is C29H52N4O6S. The van der Waals surface area contributed by atoms with E-state index < -0.39 is 34.6 Å². The maximum absolute atomic E-state index is 13.8. The molecule has 2 rings (SSSR count). The largest absolute Gasteiger partial charge is 0.450 e. The molecular weight excluding hydrogens is 532 g/mol. The number of rotatable bonds is 11. The fourth-order valence-corrected chi connectivity index (χ4v) is 6.89. The van der Waals surface area contributed by atoms with E-state index in [0.717, 1.165) is 32.1 Å². The van der Waals surface area contributed by atoms with E-state index in [1.807, 2.05) is 41.5 Å². The van der Waals surface area contributed by atoms with E-state index in [1.54, 1.807) is 16.7 Å². The molecule has 1 saturated heterocycles. The van der Waals surface area contributed by atoms with Gasteiger partial charge in [-0.05, 0) is 90.7 Å². The zero-order valence-electron chi connectivity index (χ0n) is 25.8. The van der Waals surface area contributed by atoms with E-state index in [9.17, 15) is 19.2 Å². The second-order valence-corrected chi connectivity index (χ2v) is 15.0. The minimum absolute atomic E-state index is 0.0743. The van der Waals surface area contributed by atoms with E-state index in [2.05, 4.69) is 29.8 Å². The number of amides is 4. The molecule has 1 heterocycles. The third-order valence-corrected chi connectivity index (χ3v) is 8.47. The molecule has 0 bridgehead atoms. The number of carbonyl (C=O) groups excluding carboxylic acids is 4. The Balaban J connectivity index is 1.95. The lowest BCUT2D eigenvalue weighted by Gasteiger charge is -2.38. The first-order chi connectivity index (χ1) is 18.6. The molecule has 0 aromatic heterocycles. The maximum Gasteiger partial charge on any atom is 0.407 e. The molecule has 10 nitrogen and oxygen atoms in total. The van der Waals surface area contributed by atoms with Gasteiger partial charge in [-0.3, -0.25) is 9.59 Å². The highest BCUT2D eigenvalue weighted by molar-refractivity contribution is 8.01. The molecule has 0 spiro atoms. The Morgan fingerprint density at radius 2 is 1.62 bits per heavy atom. The molecule has 1 aliphatic carbocycles. The van der Waals surface area contributed by atoms with Crippen LogP contribution in [0.4, 0.5) is 9.59 Å². The quantitative estimate of drug-likeness (QED) is 0.324. The average Bonchev–Trinajstić information content (AvgIpc) is 3.33. The van der Waals surface area contributed by atoms with Crippen molar-refractivity contribution in [2.75, 3.05) is 19.7 Å². The minimum atomic E-state index is -0.828. The van der Waals surface area contributed by atoms with Crippen LogP contribution in [-0.2, 0) is 19.1 Å².